The van der Waals surface area contributed by atoms with Crippen LogP contribution >= 0.6 is 0 Å². The molecule has 2 heterocycles. The van der Waals surface area contributed by atoms with Crippen LogP contribution in [0.4, 0.5) is 0 Å². The lowest BCUT2D eigenvalue weighted by atomic mass is 9.70. The maximum atomic E-state index is 6.17. The molecule has 21 heavy (non-hydrogen) atoms. The van der Waals surface area contributed by atoms with Crippen LogP contribution < -0.4 is 9.47 Å². The normalized spacial score (nSPS) is 28.4. The van der Waals surface area contributed by atoms with Crippen molar-refractivity contribution in [1.82, 2.24) is 4.90 Å². The van der Waals surface area contributed by atoms with E-state index in [4.69, 9.17) is 9.47 Å². The van der Waals surface area contributed by atoms with Crippen LogP contribution in [0.2, 0.25) is 0 Å². The first kappa shape index (κ1) is 14.7. The lowest BCUT2D eigenvalue weighted by Crippen LogP contribution is -2.60. The van der Waals surface area contributed by atoms with Crippen LogP contribution in [0.3, 0.4) is 0 Å². The summed E-state index contributed by atoms with van der Waals surface area (Å²) < 4.78 is 11.6. The lowest BCUT2D eigenvalue weighted by molar-refractivity contribution is -0.0273. The fourth-order valence-corrected chi connectivity index (χ4v) is 4.27. The summed E-state index contributed by atoms with van der Waals surface area (Å²) >= 11 is 0. The smallest absolute Gasteiger partial charge is 0.123 e. The molecule has 1 fully saturated rings. The van der Waals surface area contributed by atoms with Gasteiger partial charge in [0.1, 0.15) is 18.1 Å². The number of hydrogen-bond acceptors (Lipinski definition) is 3. The van der Waals surface area contributed by atoms with Crippen molar-refractivity contribution in [2.45, 2.75) is 51.0 Å². The third kappa shape index (κ3) is 2.32. The maximum absolute atomic E-state index is 6.17. The standard InChI is InChI=1S/C18H27NO2/c1-4-10-19-11-6-7-16-15-12-14(20-3)8-9-17(15)21-13-18(16,19)5-2/h8-9,12,16H,4-7,10-11,13H2,1-3H3/t16-,18-/m0/s1. The molecule has 0 unspecified atom stereocenters. The summed E-state index contributed by atoms with van der Waals surface area (Å²) in [6.07, 6.45) is 4.90. The molecule has 2 atom stereocenters. The molecule has 3 heteroatoms. The number of hydrogen-bond donors (Lipinski definition) is 0. The summed E-state index contributed by atoms with van der Waals surface area (Å²) in [6.45, 7) is 7.80. The molecule has 0 saturated carbocycles. The zero-order valence-corrected chi connectivity index (χ0v) is 13.5. The van der Waals surface area contributed by atoms with Crippen LogP contribution in [-0.4, -0.2) is 37.2 Å². The highest BCUT2D eigenvalue weighted by Gasteiger charge is 2.49. The topological polar surface area (TPSA) is 21.7 Å². The summed E-state index contributed by atoms with van der Waals surface area (Å²) in [4.78, 5) is 2.68. The molecule has 0 bridgehead atoms. The second-order valence-electron chi connectivity index (χ2n) is 6.33. The molecule has 0 aromatic heterocycles. The number of ether oxygens (including phenoxy) is 2. The van der Waals surface area contributed by atoms with E-state index >= 15 is 0 Å². The van der Waals surface area contributed by atoms with Crippen LogP contribution in [0, 0.1) is 0 Å². The minimum absolute atomic E-state index is 0.174. The number of benzene rings is 1. The molecular weight excluding hydrogens is 262 g/mol. The maximum Gasteiger partial charge on any atom is 0.123 e. The van der Waals surface area contributed by atoms with Gasteiger partial charge in [0.25, 0.3) is 0 Å². The van der Waals surface area contributed by atoms with E-state index in [2.05, 4.69) is 30.9 Å². The summed E-state index contributed by atoms with van der Waals surface area (Å²) in [5, 5.41) is 0. The van der Waals surface area contributed by atoms with Crippen molar-refractivity contribution in [3.05, 3.63) is 23.8 Å². The van der Waals surface area contributed by atoms with E-state index in [1.807, 2.05) is 6.07 Å². The Labute approximate surface area is 128 Å². The van der Waals surface area contributed by atoms with Gasteiger partial charge >= 0.3 is 0 Å². The zero-order chi connectivity index (χ0) is 14.9. The number of piperidine rings is 1. The number of methoxy groups -OCH3 is 1. The van der Waals surface area contributed by atoms with Crippen LogP contribution in [0.25, 0.3) is 0 Å². The van der Waals surface area contributed by atoms with Crippen molar-refractivity contribution in [2.24, 2.45) is 0 Å². The minimum atomic E-state index is 0.174. The van der Waals surface area contributed by atoms with Gasteiger partial charge in [-0.3, -0.25) is 4.90 Å². The third-order valence-corrected chi connectivity index (χ3v) is 5.38. The Kier molecular flexibility index (Phi) is 4.12. The van der Waals surface area contributed by atoms with Gasteiger partial charge in [0.15, 0.2) is 0 Å². The van der Waals surface area contributed by atoms with Crippen molar-refractivity contribution in [3.8, 4) is 11.5 Å². The van der Waals surface area contributed by atoms with Crippen molar-refractivity contribution >= 4 is 0 Å². The average molecular weight is 289 g/mol. The zero-order valence-electron chi connectivity index (χ0n) is 13.5. The second kappa shape index (κ2) is 5.88. The molecule has 1 aromatic rings. The molecule has 116 valence electrons. The Hall–Kier alpha value is -1.22. The predicted molar refractivity (Wildman–Crippen MR) is 85.4 cm³/mol. The van der Waals surface area contributed by atoms with Gasteiger partial charge in [-0.1, -0.05) is 13.8 Å². The van der Waals surface area contributed by atoms with Crippen LogP contribution in [0.5, 0.6) is 11.5 Å². The summed E-state index contributed by atoms with van der Waals surface area (Å²) in [6, 6.07) is 6.27. The largest absolute Gasteiger partial charge is 0.497 e. The third-order valence-electron chi connectivity index (χ3n) is 5.38. The molecule has 0 spiro atoms. The first-order chi connectivity index (χ1) is 10.2. The van der Waals surface area contributed by atoms with Crippen LogP contribution in [0.1, 0.15) is 51.0 Å². The van der Waals surface area contributed by atoms with Crippen molar-refractivity contribution in [2.75, 3.05) is 26.8 Å². The Balaban J connectivity index is 2.02. The van der Waals surface area contributed by atoms with Gasteiger partial charge < -0.3 is 9.47 Å². The molecule has 3 nitrogen and oxygen atoms in total. The van der Waals surface area contributed by atoms with Gasteiger partial charge in [-0.05, 0) is 57.0 Å². The number of nitrogens with zero attached hydrogens (tertiary/aromatic N) is 1. The molecule has 1 saturated heterocycles. The summed E-state index contributed by atoms with van der Waals surface area (Å²) in [5.74, 6) is 2.57. The number of rotatable bonds is 4. The van der Waals surface area contributed by atoms with Gasteiger partial charge in [0.2, 0.25) is 0 Å². The molecule has 0 N–H and O–H groups in total. The minimum Gasteiger partial charge on any atom is -0.497 e. The Bertz CT molecular complexity index is 500. The Morgan fingerprint density at radius 1 is 1.38 bits per heavy atom. The van der Waals surface area contributed by atoms with Gasteiger partial charge in [-0.2, -0.15) is 0 Å². The van der Waals surface area contributed by atoms with E-state index in [9.17, 15) is 0 Å². The van der Waals surface area contributed by atoms with Crippen LogP contribution in [-0.2, 0) is 0 Å². The first-order valence-corrected chi connectivity index (χ1v) is 8.31. The van der Waals surface area contributed by atoms with E-state index in [1.165, 1.54) is 37.9 Å². The summed E-state index contributed by atoms with van der Waals surface area (Å²) in [5.41, 5.74) is 1.52. The van der Waals surface area contributed by atoms with E-state index in [0.717, 1.165) is 24.5 Å². The van der Waals surface area contributed by atoms with Crippen molar-refractivity contribution < 1.29 is 9.47 Å². The predicted octanol–water partition coefficient (Wildman–Crippen LogP) is 3.83. The molecule has 1 aromatic carbocycles. The Morgan fingerprint density at radius 2 is 2.24 bits per heavy atom. The fraction of sp³-hybridized carbons (Fsp3) is 0.667. The molecular formula is C18H27NO2. The highest BCUT2D eigenvalue weighted by molar-refractivity contribution is 5.46. The van der Waals surface area contributed by atoms with Gasteiger partial charge in [0, 0.05) is 11.5 Å². The van der Waals surface area contributed by atoms with Gasteiger partial charge in [-0.25, -0.2) is 0 Å². The van der Waals surface area contributed by atoms with Crippen molar-refractivity contribution in [1.29, 1.82) is 0 Å². The molecule has 3 rings (SSSR count). The summed E-state index contributed by atoms with van der Waals surface area (Å²) in [7, 11) is 1.74. The van der Waals surface area contributed by atoms with E-state index in [-0.39, 0.29) is 5.54 Å². The molecule has 0 aliphatic carbocycles. The number of fused-ring (bicyclic) bond motifs is 3. The fourth-order valence-electron chi connectivity index (χ4n) is 4.27. The van der Waals surface area contributed by atoms with Crippen molar-refractivity contribution in [3.63, 3.8) is 0 Å². The van der Waals surface area contributed by atoms with E-state index in [1.54, 1.807) is 7.11 Å². The van der Waals surface area contributed by atoms with Gasteiger partial charge in [0.05, 0.1) is 12.6 Å². The first-order valence-electron chi connectivity index (χ1n) is 8.31. The monoisotopic (exact) mass is 289 g/mol. The SMILES string of the molecule is CCCN1CCC[C@H]2c3cc(OC)ccc3OC[C@@]21CC. The highest BCUT2D eigenvalue weighted by Crippen LogP contribution is 2.50. The lowest BCUT2D eigenvalue weighted by Gasteiger charge is -2.54. The average Bonchev–Trinajstić information content (AvgIpc) is 2.54. The Morgan fingerprint density at radius 3 is 2.95 bits per heavy atom. The molecule has 0 amide bonds. The van der Waals surface area contributed by atoms with Gasteiger partial charge in [-0.15, -0.1) is 0 Å². The number of likely N-dealkylation sites (tertiary alicyclic amines) is 1. The molecule has 2 aliphatic rings. The highest BCUT2D eigenvalue weighted by atomic mass is 16.5. The molecule has 2 aliphatic heterocycles. The second-order valence-corrected chi connectivity index (χ2v) is 6.33. The van der Waals surface area contributed by atoms with Crippen LogP contribution in [0.15, 0.2) is 18.2 Å². The molecule has 0 radical (unpaired) electrons. The van der Waals surface area contributed by atoms with E-state index < -0.39 is 0 Å². The van der Waals surface area contributed by atoms with E-state index in [0.29, 0.717) is 5.92 Å². The quantitative estimate of drug-likeness (QED) is 0.841.